The molecule has 2 aromatic heterocycles. The molecule has 0 unspecified atom stereocenters. The van der Waals surface area contributed by atoms with Gasteiger partial charge in [0.25, 0.3) is 0 Å². The Morgan fingerprint density at radius 3 is 2.34 bits per heavy atom. The van der Waals surface area contributed by atoms with Crippen LogP contribution in [0.1, 0.15) is 58.4 Å². The maximum atomic E-state index is 12.5. The highest BCUT2D eigenvalue weighted by molar-refractivity contribution is 7.59. The van der Waals surface area contributed by atoms with E-state index in [9.17, 15) is 18.0 Å². The van der Waals surface area contributed by atoms with E-state index in [4.69, 9.17) is 9.72 Å². The minimum Gasteiger partial charge on any atom is -0.490 e. The topological polar surface area (TPSA) is 93.1 Å². The fraction of sp³-hybridized carbons (Fsp3) is 0.609. The Kier molecular flexibility index (Phi) is 10.3. The van der Waals surface area contributed by atoms with Crippen LogP contribution in [0.5, 0.6) is 5.75 Å². The SMILES string of the molecule is C.C.CC[C@H]1C(=O)Nc2c(C)nc(CC3CC(COc4cnc(C(F)(F)F)nc4)C3)nc2N1C.S. The van der Waals surface area contributed by atoms with Crippen molar-refractivity contribution >= 4 is 30.9 Å². The van der Waals surface area contributed by atoms with E-state index in [-0.39, 0.29) is 46.0 Å². The summed E-state index contributed by atoms with van der Waals surface area (Å²) in [4.78, 5) is 30.1. The molecule has 0 aromatic carbocycles. The lowest BCUT2D eigenvalue weighted by molar-refractivity contribution is -0.145. The number of carbonyl (C=O) groups is 1. The van der Waals surface area contributed by atoms with Crippen molar-refractivity contribution in [2.75, 3.05) is 23.9 Å². The highest BCUT2D eigenvalue weighted by Crippen LogP contribution is 2.38. The van der Waals surface area contributed by atoms with E-state index in [1.54, 1.807) is 0 Å². The summed E-state index contributed by atoms with van der Waals surface area (Å²) in [5, 5.41) is 2.92. The summed E-state index contributed by atoms with van der Waals surface area (Å²) in [7, 11) is 1.88. The monoisotopic (exact) mass is 516 g/mol. The van der Waals surface area contributed by atoms with Gasteiger partial charge in [-0.1, -0.05) is 21.8 Å². The summed E-state index contributed by atoms with van der Waals surface area (Å²) in [6, 6.07) is -0.246. The third-order valence-corrected chi connectivity index (χ3v) is 6.03. The molecule has 2 aliphatic rings. The number of carbonyl (C=O) groups excluding carboxylic acids is 1. The number of alkyl halides is 3. The normalized spacial score (nSPS) is 20.8. The van der Waals surface area contributed by atoms with Crippen molar-refractivity contribution in [1.82, 2.24) is 19.9 Å². The first kappa shape index (κ1) is 30.4. The largest absolute Gasteiger partial charge is 0.490 e. The van der Waals surface area contributed by atoms with Crippen LogP contribution in [0.4, 0.5) is 24.7 Å². The van der Waals surface area contributed by atoms with Gasteiger partial charge >= 0.3 is 6.18 Å². The quantitative estimate of drug-likeness (QED) is 0.590. The molecule has 1 N–H and O–H groups in total. The van der Waals surface area contributed by atoms with Crippen LogP contribution in [0.3, 0.4) is 0 Å². The number of rotatable bonds is 6. The smallest absolute Gasteiger partial charge is 0.451 e. The van der Waals surface area contributed by atoms with Gasteiger partial charge in [0, 0.05) is 13.5 Å². The van der Waals surface area contributed by atoms with Crippen molar-refractivity contribution < 1.29 is 22.7 Å². The maximum Gasteiger partial charge on any atom is 0.451 e. The second-order valence-corrected chi connectivity index (χ2v) is 8.41. The number of anilines is 2. The van der Waals surface area contributed by atoms with Crippen LogP contribution in [0.25, 0.3) is 0 Å². The number of nitrogens with zero attached hydrogens (tertiary/aromatic N) is 5. The number of halogens is 3. The van der Waals surface area contributed by atoms with Crippen LogP contribution >= 0.6 is 13.5 Å². The van der Waals surface area contributed by atoms with Gasteiger partial charge in [-0.25, -0.2) is 19.9 Å². The van der Waals surface area contributed by atoms with Gasteiger partial charge in [-0.2, -0.15) is 26.7 Å². The molecule has 35 heavy (non-hydrogen) atoms. The Hall–Kier alpha value is -2.63. The van der Waals surface area contributed by atoms with E-state index in [0.717, 1.165) is 49.0 Å². The van der Waals surface area contributed by atoms with Crippen LogP contribution in [-0.4, -0.2) is 45.5 Å². The third-order valence-electron chi connectivity index (χ3n) is 6.03. The van der Waals surface area contributed by atoms with Crippen LogP contribution in [-0.2, 0) is 17.4 Å². The summed E-state index contributed by atoms with van der Waals surface area (Å²) in [5.74, 6) is 1.24. The van der Waals surface area contributed by atoms with Gasteiger partial charge in [-0.3, -0.25) is 4.79 Å². The average molecular weight is 517 g/mol. The number of nitrogens with one attached hydrogen (secondary N) is 1. The lowest BCUT2D eigenvalue weighted by atomic mass is 9.73. The molecular formula is C23H35F3N6O2S. The van der Waals surface area contributed by atoms with Crippen LogP contribution in [0.15, 0.2) is 12.4 Å². The highest BCUT2D eigenvalue weighted by Gasteiger charge is 2.35. The molecule has 8 nitrogen and oxygen atoms in total. The zero-order valence-corrected chi connectivity index (χ0v) is 19.6. The number of aryl methyl sites for hydroxylation is 1. The fourth-order valence-corrected chi connectivity index (χ4v) is 4.28. The number of hydrogen-bond donors (Lipinski definition) is 1. The molecular weight excluding hydrogens is 481 g/mol. The van der Waals surface area contributed by atoms with Crippen molar-refractivity contribution in [2.45, 2.75) is 66.6 Å². The number of amides is 1. The Balaban J connectivity index is 0.00000204. The lowest BCUT2D eigenvalue weighted by Crippen LogP contribution is -2.46. The lowest BCUT2D eigenvalue weighted by Gasteiger charge is -2.36. The van der Waals surface area contributed by atoms with Crippen molar-refractivity contribution in [3.63, 3.8) is 0 Å². The van der Waals surface area contributed by atoms with Crippen LogP contribution in [0.2, 0.25) is 0 Å². The molecule has 1 saturated carbocycles. The van der Waals surface area contributed by atoms with Crippen LogP contribution in [0, 0.1) is 18.8 Å². The van der Waals surface area contributed by atoms with Crippen molar-refractivity contribution in [3.8, 4) is 5.75 Å². The van der Waals surface area contributed by atoms with Gasteiger partial charge in [0.15, 0.2) is 11.6 Å². The number of fused-ring (bicyclic) bond motifs is 1. The Morgan fingerprint density at radius 2 is 1.77 bits per heavy atom. The zero-order chi connectivity index (χ0) is 23.0. The number of hydrogen-bond acceptors (Lipinski definition) is 7. The summed E-state index contributed by atoms with van der Waals surface area (Å²) < 4.78 is 43.1. The van der Waals surface area contributed by atoms with E-state index < -0.39 is 12.0 Å². The van der Waals surface area contributed by atoms with E-state index in [1.807, 2.05) is 25.8 Å². The second kappa shape index (κ2) is 11.9. The molecule has 0 spiro atoms. The fourth-order valence-electron chi connectivity index (χ4n) is 4.28. The Bertz CT molecular complexity index is 1000. The average Bonchev–Trinajstić information content (AvgIpc) is 2.70. The molecule has 3 heterocycles. The molecule has 12 heteroatoms. The molecule has 2 aromatic rings. The van der Waals surface area contributed by atoms with E-state index in [0.29, 0.717) is 30.6 Å². The van der Waals surface area contributed by atoms with Crippen molar-refractivity contribution in [3.05, 3.63) is 29.7 Å². The number of likely N-dealkylation sites (N-methyl/N-ethyl adjacent to an activating group) is 1. The molecule has 1 aliphatic heterocycles. The summed E-state index contributed by atoms with van der Waals surface area (Å²) >= 11 is 0. The second-order valence-electron chi connectivity index (χ2n) is 8.41. The molecule has 196 valence electrons. The van der Waals surface area contributed by atoms with Gasteiger partial charge < -0.3 is 15.0 Å². The third kappa shape index (κ3) is 6.53. The van der Waals surface area contributed by atoms with Crippen LogP contribution < -0.4 is 15.0 Å². The van der Waals surface area contributed by atoms with Gasteiger partial charge in [0.05, 0.1) is 24.7 Å². The predicted octanol–water partition coefficient (Wildman–Crippen LogP) is 4.79. The van der Waals surface area contributed by atoms with Crippen molar-refractivity contribution in [1.29, 1.82) is 0 Å². The first-order valence-electron chi connectivity index (χ1n) is 10.6. The number of aromatic nitrogens is 4. The predicted molar refractivity (Wildman–Crippen MR) is 134 cm³/mol. The van der Waals surface area contributed by atoms with Gasteiger partial charge in [-0.15, -0.1) is 0 Å². The minimum atomic E-state index is -4.56. The molecule has 4 rings (SSSR count). The first-order valence-corrected chi connectivity index (χ1v) is 10.6. The molecule has 1 aliphatic carbocycles. The molecule has 1 atom stereocenters. The highest BCUT2D eigenvalue weighted by atomic mass is 32.1. The molecule has 1 fully saturated rings. The molecule has 1 amide bonds. The first-order chi connectivity index (χ1) is 15.2. The van der Waals surface area contributed by atoms with E-state index in [1.165, 1.54) is 0 Å². The molecule has 0 saturated heterocycles. The maximum absolute atomic E-state index is 12.5. The Morgan fingerprint density at radius 1 is 1.14 bits per heavy atom. The molecule has 0 radical (unpaired) electrons. The molecule has 0 bridgehead atoms. The standard InChI is InChI=1S/C21H25F3N6O2.2CH4.H2S/c1-4-15-19(31)29-17-11(2)27-16(28-18(17)30(15)3)7-12-5-13(6-12)10-32-14-8-25-20(26-9-14)21(22,23)24;;;/h8-9,12-13,15H,4-7,10H2,1-3H3,(H,29,31);2*1H4;1H2/t12?,13?,15-;;;/m0.../s1. The van der Waals surface area contributed by atoms with Gasteiger partial charge in [-0.05, 0) is 38.0 Å². The summed E-state index contributed by atoms with van der Waals surface area (Å²) in [6.07, 6.45) is 0.801. The number of ether oxygens (including phenoxy) is 1. The Labute approximate surface area is 211 Å². The zero-order valence-electron chi connectivity index (χ0n) is 18.6. The summed E-state index contributed by atoms with van der Waals surface area (Å²) in [5.41, 5.74) is 1.42. The minimum absolute atomic E-state index is 0. The summed E-state index contributed by atoms with van der Waals surface area (Å²) in [6.45, 7) is 4.24. The van der Waals surface area contributed by atoms with Gasteiger partial charge in [0.2, 0.25) is 11.7 Å². The van der Waals surface area contributed by atoms with Crippen molar-refractivity contribution in [2.24, 2.45) is 11.8 Å². The van der Waals surface area contributed by atoms with E-state index >= 15 is 0 Å². The van der Waals surface area contributed by atoms with E-state index in [2.05, 4.69) is 20.3 Å². The van der Waals surface area contributed by atoms with Gasteiger partial charge in [0.1, 0.15) is 17.6 Å².